The largest absolute Gasteiger partial charge is 0.342 e. The Balaban J connectivity index is 2.15. The molecule has 0 spiro atoms. The summed E-state index contributed by atoms with van der Waals surface area (Å²) in [6, 6.07) is 1.77. The Kier molecular flexibility index (Phi) is 3.40. The third-order valence-electron chi connectivity index (χ3n) is 2.80. The maximum absolute atomic E-state index is 12.0. The van der Waals surface area contributed by atoms with Gasteiger partial charge in [0.05, 0.1) is 11.7 Å². The van der Waals surface area contributed by atoms with Crippen LogP contribution in [0.3, 0.4) is 0 Å². The van der Waals surface area contributed by atoms with Crippen LogP contribution in [-0.4, -0.2) is 26.0 Å². The topological polar surface area (TPSA) is 85.8 Å². The molecule has 1 atom stereocenters. The summed E-state index contributed by atoms with van der Waals surface area (Å²) in [6.45, 7) is 3.67. The standard InChI is InChI=1S/C11H15N5O2/c1-4-8(9-5-6-12-16(9)3)13-11(17)10-7(2)14-18-15-10/h5-6,8H,4H2,1-3H3,(H,13,17). The number of hydrogen-bond acceptors (Lipinski definition) is 5. The summed E-state index contributed by atoms with van der Waals surface area (Å²) in [5, 5.41) is 14.2. The first-order valence-electron chi connectivity index (χ1n) is 5.71. The van der Waals surface area contributed by atoms with Gasteiger partial charge in [0.15, 0.2) is 5.69 Å². The highest BCUT2D eigenvalue weighted by Gasteiger charge is 2.20. The zero-order valence-corrected chi connectivity index (χ0v) is 10.5. The maximum atomic E-state index is 12.0. The van der Waals surface area contributed by atoms with Gasteiger partial charge >= 0.3 is 0 Å². The molecule has 1 N–H and O–H groups in total. The van der Waals surface area contributed by atoms with Gasteiger partial charge in [0.1, 0.15) is 5.69 Å². The molecule has 18 heavy (non-hydrogen) atoms. The SMILES string of the molecule is CCC(NC(=O)c1nonc1C)c1ccnn1C. The number of rotatable bonds is 4. The van der Waals surface area contributed by atoms with Gasteiger partial charge in [0.2, 0.25) is 0 Å². The average molecular weight is 249 g/mol. The Hall–Kier alpha value is -2.18. The molecule has 0 saturated heterocycles. The summed E-state index contributed by atoms with van der Waals surface area (Å²) >= 11 is 0. The second-order valence-electron chi connectivity index (χ2n) is 4.01. The summed E-state index contributed by atoms with van der Waals surface area (Å²) in [6.07, 6.45) is 2.46. The van der Waals surface area contributed by atoms with E-state index in [1.165, 1.54) is 0 Å². The molecule has 2 rings (SSSR count). The van der Waals surface area contributed by atoms with Crippen LogP contribution in [-0.2, 0) is 7.05 Å². The average Bonchev–Trinajstić information content (AvgIpc) is 2.95. The van der Waals surface area contributed by atoms with Crippen molar-refractivity contribution in [1.29, 1.82) is 0 Å². The summed E-state index contributed by atoms with van der Waals surface area (Å²) < 4.78 is 6.26. The molecular weight excluding hydrogens is 234 g/mol. The molecule has 1 unspecified atom stereocenters. The van der Waals surface area contributed by atoms with Crippen molar-refractivity contribution in [1.82, 2.24) is 25.4 Å². The molecule has 0 aromatic carbocycles. The highest BCUT2D eigenvalue weighted by atomic mass is 16.6. The molecule has 0 aliphatic heterocycles. The summed E-state index contributed by atoms with van der Waals surface area (Å²) in [5.41, 5.74) is 1.64. The van der Waals surface area contributed by atoms with Crippen molar-refractivity contribution in [2.45, 2.75) is 26.3 Å². The van der Waals surface area contributed by atoms with E-state index in [-0.39, 0.29) is 17.6 Å². The first-order chi connectivity index (χ1) is 8.63. The number of aromatic nitrogens is 4. The number of aryl methyl sites for hydroxylation is 2. The minimum Gasteiger partial charge on any atom is -0.342 e. The highest BCUT2D eigenvalue weighted by Crippen LogP contribution is 2.16. The quantitative estimate of drug-likeness (QED) is 0.873. The normalized spacial score (nSPS) is 12.4. The minimum atomic E-state index is -0.290. The van der Waals surface area contributed by atoms with E-state index in [1.54, 1.807) is 17.8 Å². The molecule has 0 fully saturated rings. The van der Waals surface area contributed by atoms with E-state index in [9.17, 15) is 4.79 Å². The second-order valence-corrected chi connectivity index (χ2v) is 4.01. The molecule has 7 heteroatoms. The van der Waals surface area contributed by atoms with Crippen LogP contribution in [0.2, 0.25) is 0 Å². The van der Waals surface area contributed by atoms with Gasteiger partial charge in [-0.3, -0.25) is 9.48 Å². The number of carbonyl (C=O) groups excluding carboxylic acids is 1. The lowest BCUT2D eigenvalue weighted by Gasteiger charge is -2.16. The number of amides is 1. The highest BCUT2D eigenvalue weighted by molar-refractivity contribution is 5.93. The monoisotopic (exact) mass is 249 g/mol. The van der Waals surface area contributed by atoms with Gasteiger partial charge in [0, 0.05) is 13.2 Å². The van der Waals surface area contributed by atoms with Crippen molar-refractivity contribution in [3.8, 4) is 0 Å². The van der Waals surface area contributed by atoms with Gasteiger partial charge < -0.3 is 5.32 Å². The van der Waals surface area contributed by atoms with Gasteiger partial charge in [-0.15, -0.1) is 0 Å². The Morgan fingerprint density at radius 3 is 2.83 bits per heavy atom. The van der Waals surface area contributed by atoms with Crippen molar-refractivity contribution in [3.05, 3.63) is 29.3 Å². The van der Waals surface area contributed by atoms with Crippen molar-refractivity contribution in [2.24, 2.45) is 7.05 Å². The van der Waals surface area contributed by atoms with E-state index < -0.39 is 0 Å². The van der Waals surface area contributed by atoms with Crippen molar-refractivity contribution < 1.29 is 9.42 Å². The molecule has 2 aromatic heterocycles. The number of hydrogen-bond donors (Lipinski definition) is 1. The molecule has 7 nitrogen and oxygen atoms in total. The first kappa shape index (κ1) is 12.3. The molecule has 0 aliphatic rings. The Morgan fingerprint density at radius 2 is 2.33 bits per heavy atom. The predicted octanol–water partition coefficient (Wildman–Crippen LogP) is 0.993. The van der Waals surface area contributed by atoms with Crippen LogP contribution in [0, 0.1) is 6.92 Å². The number of nitrogens with one attached hydrogen (secondary N) is 1. The lowest BCUT2D eigenvalue weighted by molar-refractivity contribution is 0.0923. The fourth-order valence-electron chi connectivity index (χ4n) is 1.78. The van der Waals surface area contributed by atoms with Gasteiger partial charge in [-0.25, -0.2) is 4.63 Å². The van der Waals surface area contributed by atoms with Crippen LogP contribution >= 0.6 is 0 Å². The third-order valence-corrected chi connectivity index (χ3v) is 2.80. The van der Waals surface area contributed by atoms with Crippen molar-refractivity contribution in [2.75, 3.05) is 0 Å². The van der Waals surface area contributed by atoms with Gasteiger partial charge in [-0.2, -0.15) is 5.10 Å². The van der Waals surface area contributed by atoms with Gasteiger partial charge in [-0.05, 0) is 24.6 Å². The van der Waals surface area contributed by atoms with Gasteiger partial charge in [0.25, 0.3) is 5.91 Å². The van der Waals surface area contributed by atoms with Gasteiger partial charge in [-0.1, -0.05) is 12.1 Å². The molecule has 0 bridgehead atoms. The summed E-state index contributed by atoms with van der Waals surface area (Å²) in [5.74, 6) is -0.290. The fraction of sp³-hybridized carbons (Fsp3) is 0.455. The molecule has 0 radical (unpaired) electrons. The van der Waals surface area contributed by atoms with E-state index >= 15 is 0 Å². The van der Waals surface area contributed by atoms with Crippen LogP contribution in [0.1, 0.15) is 41.3 Å². The van der Waals surface area contributed by atoms with Crippen LogP contribution in [0.15, 0.2) is 16.9 Å². The van der Waals surface area contributed by atoms with E-state index in [0.29, 0.717) is 5.69 Å². The molecular formula is C11H15N5O2. The molecule has 96 valence electrons. The minimum absolute atomic E-state index is 0.110. The Labute approximate surface area is 104 Å². The molecule has 1 amide bonds. The first-order valence-corrected chi connectivity index (χ1v) is 5.71. The third kappa shape index (κ3) is 2.24. The van der Waals surface area contributed by atoms with Crippen LogP contribution in [0.25, 0.3) is 0 Å². The van der Waals surface area contributed by atoms with Crippen molar-refractivity contribution in [3.63, 3.8) is 0 Å². The lowest BCUT2D eigenvalue weighted by Crippen LogP contribution is -2.30. The lowest BCUT2D eigenvalue weighted by atomic mass is 10.1. The zero-order valence-electron chi connectivity index (χ0n) is 10.5. The Bertz CT molecular complexity index is 545. The van der Waals surface area contributed by atoms with E-state index in [1.807, 2.05) is 20.0 Å². The zero-order chi connectivity index (χ0) is 13.1. The fourth-order valence-corrected chi connectivity index (χ4v) is 1.78. The van der Waals surface area contributed by atoms with E-state index in [0.717, 1.165) is 12.1 Å². The predicted molar refractivity (Wildman–Crippen MR) is 62.7 cm³/mol. The maximum Gasteiger partial charge on any atom is 0.276 e. The molecule has 2 heterocycles. The van der Waals surface area contributed by atoms with E-state index in [2.05, 4.69) is 25.4 Å². The molecule has 0 aliphatic carbocycles. The summed E-state index contributed by atoms with van der Waals surface area (Å²) in [7, 11) is 1.84. The Morgan fingerprint density at radius 1 is 1.56 bits per heavy atom. The molecule has 2 aromatic rings. The number of carbonyl (C=O) groups is 1. The second kappa shape index (κ2) is 4.99. The molecule has 0 saturated carbocycles. The number of nitrogens with zero attached hydrogens (tertiary/aromatic N) is 4. The van der Waals surface area contributed by atoms with Crippen LogP contribution in [0.5, 0.6) is 0 Å². The van der Waals surface area contributed by atoms with Crippen molar-refractivity contribution >= 4 is 5.91 Å². The smallest absolute Gasteiger partial charge is 0.276 e. The van der Waals surface area contributed by atoms with E-state index in [4.69, 9.17) is 0 Å². The van der Waals surface area contributed by atoms with Crippen LogP contribution in [0.4, 0.5) is 0 Å². The van der Waals surface area contributed by atoms with Crippen LogP contribution < -0.4 is 5.32 Å². The summed E-state index contributed by atoms with van der Waals surface area (Å²) in [4.78, 5) is 12.0.